The Kier molecular flexibility index (Phi) is 6.08. The molecular weight excluding hydrogens is 419 g/mol. The van der Waals surface area contributed by atoms with Crippen molar-refractivity contribution in [2.24, 2.45) is 0 Å². The average Bonchev–Trinajstić information content (AvgIpc) is 2.78. The maximum absolute atomic E-state index is 13.9. The molecule has 2 aliphatic rings. The van der Waals surface area contributed by atoms with Gasteiger partial charge in [0.05, 0.1) is 24.4 Å². The first-order valence-electron chi connectivity index (χ1n) is 10.1. The topological polar surface area (TPSA) is 60.0 Å². The van der Waals surface area contributed by atoms with Gasteiger partial charge in [0.2, 0.25) is 0 Å². The molecule has 0 unspecified atom stereocenters. The highest BCUT2D eigenvalue weighted by atomic mass is 32.1. The number of anilines is 1. The minimum Gasteiger partial charge on any atom is -0.486 e. The summed E-state index contributed by atoms with van der Waals surface area (Å²) in [6.07, 6.45) is 1.35. The zero-order valence-electron chi connectivity index (χ0n) is 17.3. The SMILES string of the molecule is CCCC1=C(C(=O)OC)[C@H](c2cccc(F)c2)NC(=S)N1c1ccc2c(c1)OCCO2. The van der Waals surface area contributed by atoms with Gasteiger partial charge in [0.25, 0.3) is 0 Å². The van der Waals surface area contributed by atoms with Crippen LogP contribution < -0.4 is 19.7 Å². The molecule has 0 amide bonds. The second-order valence-electron chi connectivity index (χ2n) is 7.20. The van der Waals surface area contributed by atoms with Crippen molar-refractivity contribution in [2.45, 2.75) is 25.8 Å². The van der Waals surface area contributed by atoms with Crippen LogP contribution in [0.5, 0.6) is 11.5 Å². The molecule has 162 valence electrons. The monoisotopic (exact) mass is 442 g/mol. The van der Waals surface area contributed by atoms with Crippen molar-refractivity contribution >= 4 is 29.0 Å². The number of ether oxygens (including phenoxy) is 3. The van der Waals surface area contributed by atoms with E-state index in [0.29, 0.717) is 53.1 Å². The van der Waals surface area contributed by atoms with E-state index in [2.05, 4.69) is 5.32 Å². The Bertz CT molecular complexity index is 1060. The Morgan fingerprint density at radius 2 is 2.00 bits per heavy atom. The number of methoxy groups -OCH3 is 1. The number of rotatable bonds is 5. The number of allylic oxidation sites excluding steroid dienone is 1. The maximum Gasteiger partial charge on any atom is 0.337 e. The first-order chi connectivity index (χ1) is 15.0. The number of nitrogens with one attached hydrogen (secondary N) is 1. The Hall–Kier alpha value is -3.13. The molecule has 31 heavy (non-hydrogen) atoms. The first-order valence-corrected chi connectivity index (χ1v) is 10.5. The molecular formula is C23H23FN2O4S. The van der Waals surface area contributed by atoms with Gasteiger partial charge >= 0.3 is 5.97 Å². The fourth-order valence-electron chi connectivity index (χ4n) is 3.88. The summed E-state index contributed by atoms with van der Waals surface area (Å²) < 4.78 is 30.4. The molecule has 2 aliphatic heterocycles. The van der Waals surface area contributed by atoms with Crippen LogP contribution in [0.25, 0.3) is 0 Å². The van der Waals surface area contributed by atoms with Crippen LogP contribution in [-0.2, 0) is 9.53 Å². The lowest BCUT2D eigenvalue weighted by Crippen LogP contribution is -2.48. The number of benzene rings is 2. The number of carbonyl (C=O) groups is 1. The fraction of sp³-hybridized carbons (Fsp3) is 0.304. The minimum atomic E-state index is -0.620. The highest BCUT2D eigenvalue weighted by Crippen LogP contribution is 2.40. The molecule has 0 radical (unpaired) electrons. The number of esters is 1. The average molecular weight is 443 g/mol. The fourth-order valence-corrected chi connectivity index (χ4v) is 4.21. The van der Waals surface area contributed by atoms with E-state index in [4.69, 9.17) is 26.4 Å². The van der Waals surface area contributed by atoms with Crippen molar-refractivity contribution in [3.05, 3.63) is 65.1 Å². The Morgan fingerprint density at radius 1 is 1.23 bits per heavy atom. The van der Waals surface area contributed by atoms with E-state index in [1.165, 1.54) is 19.2 Å². The number of nitrogens with zero attached hydrogens (tertiary/aromatic N) is 1. The lowest BCUT2D eigenvalue weighted by molar-refractivity contribution is -0.136. The Labute approximate surface area is 185 Å². The zero-order valence-corrected chi connectivity index (χ0v) is 18.1. The smallest absolute Gasteiger partial charge is 0.337 e. The molecule has 0 saturated heterocycles. The molecule has 1 N–H and O–H groups in total. The molecule has 0 spiro atoms. The van der Waals surface area contributed by atoms with Gasteiger partial charge in [0.1, 0.15) is 19.0 Å². The van der Waals surface area contributed by atoms with Crippen LogP contribution >= 0.6 is 12.2 Å². The van der Waals surface area contributed by atoms with Crippen LogP contribution in [0.15, 0.2) is 53.7 Å². The third kappa shape index (κ3) is 4.07. The van der Waals surface area contributed by atoms with Gasteiger partial charge < -0.3 is 19.5 Å². The van der Waals surface area contributed by atoms with Gasteiger partial charge in [-0.2, -0.15) is 0 Å². The quantitative estimate of drug-likeness (QED) is 0.548. The largest absolute Gasteiger partial charge is 0.486 e. The van der Waals surface area contributed by atoms with Gasteiger partial charge in [-0.15, -0.1) is 0 Å². The second-order valence-corrected chi connectivity index (χ2v) is 7.59. The number of fused-ring (bicyclic) bond motifs is 1. The number of hydrogen-bond acceptors (Lipinski definition) is 5. The molecule has 2 heterocycles. The van der Waals surface area contributed by atoms with Crippen molar-refractivity contribution in [1.82, 2.24) is 5.32 Å². The maximum atomic E-state index is 13.9. The molecule has 6 nitrogen and oxygen atoms in total. The summed E-state index contributed by atoms with van der Waals surface area (Å²) >= 11 is 5.70. The molecule has 4 rings (SSSR count). The van der Waals surface area contributed by atoms with Gasteiger partial charge in [0, 0.05) is 11.8 Å². The normalized spacial score (nSPS) is 18.0. The summed E-state index contributed by atoms with van der Waals surface area (Å²) in [5.41, 5.74) is 2.45. The third-order valence-electron chi connectivity index (χ3n) is 5.20. The summed E-state index contributed by atoms with van der Waals surface area (Å²) in [4.78, 5) is 14.7. The molecule has 0 fully saturated rings. The molecule has 2 aromatic carbocycles. The lowest BCUT2D eigenvalue weighted by atomic mass is 9.92. The van der Waals surface area contributed by atoms with Crippen molar-refractivity contribution in [2.75, 3.05) is 25.2 Å². The van der Waals surface area contributed by atoms with Crippen LogP contribution in [0.1, 0.15) is 31.4 Å². The number of carbonyl (C=O) groups excluding carboxylic acids is 1. The van der Waals surface area contributed by atoms with E-state index in [1.54, 1.807) is 12.1 Å². The molecule has 8 heteroatoms. The standard InChI is InChI=1S/C23H23FN2O4S/c1-3-5-17-20(22(27)28-2)21(14-6-4-7-15(24)12-14)25-23(31)26(17)16-8-9-18-19(13-16)30-11-10-29-18/h4,6-9,12-13,21H,3,5,10-11H2,1-2H3,(H,25,31)/t21-/m0/s1. The molecule has 0 saturated carbocycles. The van der Waals surface area contributed by atoms with Gasteiger partial charge in [-0.25, -0.2) is 9.18 Å². The van der Waals surface area contributed by atoms with E-state index in [1.807, 2.05) is 30.0 Å². The molecule has 0 aromatic heterocycles. The van der Waals surface area contributed by atoms with E-state index < -0.39 is 12.0 Å². The van der Waals surface area contributed by atoms with E-state index in [0.717, 1.165) is 12.1 Å². The lowest BCUT2D eigenvalue weighted by Gasteiger charge is -2.39. The summed E-state index contributed by atoms with van der Waals surface area (Å²) in [7, 11) is 1.34. The second kappa shape index (κ2) is 8.93. The molecule has 0 bridgehead atoms. The zero-order chi connectivity index (χ0) is 22.0. The van der Waals surface area contributed by atoms with E-state index >= 15 is 0 Å². The predicted molar refractivity (Wildman–Crippen MR) is 119 cm³/mol. The third-order valence-corrected chi connectivity index (χ3v) is 5.50. The van der Waals surface area contributed by atoms with Crippen molar-refractivity contribution < 1.29 is 23.4 Å². The van der Waals surface area contributed by atoms with Crippen molar-refractivity contribution in [3.63, 3.8) is 0 Å². The van der Waals surface area contributed by atoms with Crippen LogP contribution in [0.2, 0.25) is 0 Å². The van der Waals surface area contributed by atoms with Crippen LogP contribution in [0, 0.1) is 5.82 Å². The minimum absolute atomic E-state index is 0.388. The van der Waals surface area contributed by atoms with Crippen molar-refractivity contribution in [3.8, 4) is 11.5 Å². The number of hydrogen-bond donors (Lipinski definition) is 1. The first kappa shape index (κ1) is 21.1. The van der Waals surface area contributed by atoms with Crippen LogP contribution in [0.4, 0.5) is 10.1 Å². The van der Waals surface area contributed by atoms with Crippen LogP contribution in [0.3, 0.4) is 0 Å². The summed E-state index contributed by atoms with van der Waals surface area (Å²) in [6.45, 7) is 2.98. The van der Waals surface area contributed by atoms with Gasteiger partial charge in [-0.1, -0.05) is 25.5 Å². The van der Waals surface area contributed by atoms with Gasteiger partial charge in [-0.3, -0.25) is 4.90 Å². The highest BCUT2D eigenvalue weighted by molar-refractivity contribution is 7.80. The van der Waals surface area contributed by atoms with Gasteiger partial charge in [0.15, 0.2) is 16.6 Å². The predicted octanol–water partition coefficient (Wildman–Crippen LogP) is 4.26. The molecule has 2 aromatic rings. The summed E-state index contributed by atoms with van der Waals surface area (Å²) in [6, 6.07) is 11.0. The number of halogens is 1. The molecule has 1 atom stereocenters. The van der Waals surface area contributed by atoms with E-state index in [9.17, 15) is 9.18 Å². The number of thiocarbonyl (C=S) groups is 1. The van der Waals surface area contributed by atoms with E-state index in [-0.39, 0.29) is 5.82 Å². The Morgan fingerprint density at radius 3 is 2.71 bits per heavy atom. The van der Waals surface area contributed by atoms with Crippen LogP contribution in [-0.4, -0.2) is 31.4 Å². The van der Waals surface area contributed by atoms with Gasteiger partial charge in [-0.05, 0) is 48.5 Å². The highest BCUT2D eigenvalue weighted by Gasteiger charge is 2.37. The van der Waals surface area contributed by atoms with Crippen molar-refractivity contribution in [1.29, 1.82) is 0 Å². The molecule has 0 aliphatic carbocycles. The summed E-state index contributed by atoms with van der Waals surface area (Å²) in [5.74, 6) is 0.406. The summed E-state index contributed by atoms with van der Waals surface area (Å²) in [5, 5.41) is 3.61. The Balaban J connectivity index is 1.86.